The van der Waals surface area contributed by atoms with Crippen LogP contribution in [0.25, 0.3) is 0 Å². The minimum Gasteiger partial charge on any atom is -0.396 e. The van der Waals surface area contributed by atoms with E-state index in [0.29, 0.717) is 19.6 Å². The number of nitrogens with zero attached hydrogens (tertiary/aromatic N) is 1. The van der Waals surface area contributed by atoms with Crippen LogP contribution < -0.4 is 10.6 Å². The molecule has 3 heterocycles. The normalized spacial score (nSPS) is 27.4. The highest BCUT2D eigenvalue weighted by atomic mass is 32.2. The van der Waals surface area contributed by atoms with Gasteiger partial charge in [0.25, 0.3) is 0 Å². The molecule has 3 amide bonds. The molecule has 0 radical (unpaired) electrons. The van der Waals surface area contributed by atoms with Crippen LogP contribution in [0.2, 0.25) is 0 Å². The number of fused-ring (bicyclic) bond motifs is 1. The van der Waals surface area contributed by atoms with E-state index in [1.54, 1.807) is 16.7 Å². The van der Waals surface area contributed by atoms with Crippen LogP contribution in [0.5, 0.6) is 0 Å². The molecule has 202 valence electrons. The Morgan fingerprint density at radius 1 is 0.895 bits per heavy atom. The zero-order chi connectivity index (χ0) is 26.5. The molecular formula is C30H37N3O4S. The van der Waals surface area contributed by atoms with E-state index in [1.807, 2.05) is 60.7 Å². The fraction of sp³-hybridized carbons (Fsp3) is 0.500. The van der Waals surface area contributed by atoms with Crippen molar-refractivity contribution in [2.75, 3.05) is 13.2 Å². The second kappa shape index (κ2) is 11.9. The first kappa shape index (κ1) is 26.8. The number of carbonyl (C=O) groups is 3. The summed E-state index contributed by atoms with van der Waals surface area (Å²) in [4.78, 5) is 43.0. The van der Waals surface area contributed by atoms with Crippen molar-refractivity contribution in [3.63, 3.8) is 0 Å². The fourth-order valence-corrected chi connectivity index (χ4v) is 8.75. The van der Waals surface area contributed by atoms with Gasteiger partial charge in [-0.25, -0.2) is 0 Å². The summed E-state index contributed by atoms with van der Waals surface area (Å²) in [5.74, 6) is -1.17. The lowest BCUT2D eigenvalue weighted by atomic mass is 9.70. The Balaban J connectivity index is 1.34. The van der Waals surface area contributed by atoms with Gasteiger partial charge in [-0.1, -0.05) is 73.5 Å². The topological polar surface area (TPSA) is 98.7 Å². The van der Waals surface area contributed by atoms with E-state index >= 15 is 0 Å². The van der Waals surface area contributed by atoms with E-state index < -0.39 is 22.6 Å². The largest absolute Gasteiger partial charge is 0.396 e. The minimum absolute atomic E-state index is 0.0517. The van der Waals surface area contributed by atoms with Gasteiger partial charge in [-0.2, -0.15) is 0 Å². The molecule has 3 aliphatic heterocycles. The fourth-order valence-electron chi connectivity index (χ4n) is 6.53. The van der Waals surface area contributed by atoms with Gasteiger partial charge in [0, 0.05) is 31.5 Å². The highest BCUT2D eigenvalue weighted by molar-refractivity contribution is 8.02. The van der Waals surface area contributed by atoms with Crippen LogP contribution in [0.1, 0.15) is 49.7 Å². The van der Waals surface area contributed by atoms with E-state index in [-0.39, 0.29) is 29.6 Å². The number of rotatable bonds is 12. The van der Waals surface area contributed by atoms with Crippen LogP contribution in [0, 0.1) is 11.8 Å². The van der Waals surface area contributed by atoms with Gasteiger partial charge in [0.2, 0.25) is 17.7 Å². The molecule has 3 saturated heterocycles. The van der Waals surface area contributed by atoms with Crippen molar-refractivity contribution >= 4 is 29.5 Å². The summed E-state index contributed by atoms with van der Waals surface area (Å²) < 4.78 is -0.567. The number of unbranched alkanes of at least 4 members (excludes halogenated alkanes) is 3. The molecule has 3 N–H and O–H groups in total. The molecule has 5 rings (SSSR count). The molecule has 5 atom stereocenters. The molecule has 0 saturated carbocycles. The van der Waals surface area contributed by atoms with Crippen LogP contribution >= 0.6 is 11.8 Å². The lowest BCUT2D eigenvalue weighted by Crippen LogP contribution is -2.53. The molecule has 2 aromatic rings. The monoisotopic (exact) mass is 535 g/mol. The molecule has 2 unspecified atom stereocenters. The number of benzene rings is 2. The van der Waals surface area contributed by atoms with E-state index in [1.165, 1.54) is 0 Å². The van der Waals surface area contributed by atoms with Gasteiger partial charge in [-0.3, -0.25) is 14.4 Å². The van der Waals surface area contributed by atoms with Crippen LogP contribution in [0.4, 0.5) is 0 Å². The van der Waals surface area contributed by atoms with Gasteiger partial charge in [0.1, 0.15) is 6.04 Å². The lowest BCUT2D eigenvalue weighted by molar-refractivity contribution is -0.140. The number of hydrogen-bond acceptors (Lipinski definition) is 5. The molecule has 2 aromatic carbocycles. The summed E-state index contributed by atoms with van der Waals surface area (Å²) in [6.45, 7) is 1.49. The van der Waals surface area contributed by atoms with Crippen molar-refractivity contribution in [2.24, 2.45) is 11.8 Å². The van der Waals surface area contributed by atoms with E-state index in [2.05, 4.69) is 10.6 Å². The third-order valence-electron chi connectivity index (χ3n) is 8.28. The second-order valence-corrected chi connectivity index (χ2v) is 12.2. The quantitative estimate of drug-likeness (QED) is 0.363. The molecule has 1 spiro atoms. The summed E-state index contributed by atoms with van der Waals surface area (Å²) in [7, 11) is 0. The van der Waals surface area contributed by atoms with Gasteiger partial charge in [0.15, 0.2) is 0 Å². The average molecular weight is 536 g/mol. The lowest BCUT2D eigenvalue weighted by Gasteiger charge is -2.34. The van der Waals surface area contributed by atoms with E-state index in [0.717, 1.165) is 49.7 Å². The number of nitrogens with one attached hydrogen (secondary N) is 2. The molecule has 0 aromatic heterocycles. The Morgan fingerprint density at radius 2 is 1.50 bits per heavy atom. The Morgan fingerprint density at radius 3 is 2.13 bits per heavy atom. The summed E-state index contributed by atoms with van der Waals surface area (Å²) in [6, 6.07) is 19.0. The maximum Gasteiger partial charge on any atom is 0.244 e. The van der Waals surface area contributed by atoms with Crippen LogP contribution in [0.3, 0.4) is 0 Å². The Bertz CT molecular complexity index is 1130. The number of hydrogen-bond donors (Lipinski definition) is 3. The standard InChI is InChI=1S/C30H37N3O4S/c34-18-10-2-1-9-17-33-26(28(36)32-20-22-13-7-4-8-14-22)30-16-15-23(38-30)24(25(30)29(33)37)27(35)31-19-21-11-5-3-6-12-21/h3-8,11-14,23-26,34H,1-2,9-10,15-20H2,(H,31,35)(H,32,36)/t23-,24+,25-,26?,30?/m0/s1. The zero-order valence-electron chi connectivity index (χ0n) is 21.7. The van der Waals surface area contributed by atoms with Gasteiger partial charge >= 0.3 is 0 Å². The smallest absolute Gasteiger partial charge is 0.244 e. The SMILES string of the molecule is O=C(NCc1ccccc1)C1N(CCCCCCO)C(=O)[C@@H]2[C@H](C(=O)NCc3ccccc3)[C@@H]3CCC12S3. The third-order valence-corrected chi connectivity index (χ3v) is 10.2. The van der Waals surface area contributed by atoms with Crippen LogP contribution in [0.15, 0.2) is 60.7 Å². The molecule has 3 fully saturated rings. The van der Waals surface area contributed by atoms with Crippen molar-refractivity contribution in [3.8, 4) is 0 Å². The molecule has 0 aliphatic carbocycles. The predicted octanol–water partition coefficient (Wildman–Crippen LogP) is 3.26. The number of likely N-dealkylation sites (tertiary alicyclic amines) is 1. The van der Waals surface area contributed by atoms with Crippen molar-refractivity contribution in [3.05, 3.63) is 71.8 Å². The Kier molecular flexibility index (Phi) is 8.39. The summed E-state index contributed by atoms with van der Waals surface area (Å²) in [5.41, 5.74) is 2.03. The predicted molar refractivity (Wildman–Crippen MR) is 148 cm³/mol. The van der Waals surface area contributed by atoms with Crippen molar-refractivity contribution in [1.29, 1.82) is 0 Å². The van der Waals surface area contributed by atoms with Gasteiger partial charge in [-0.05, 0) is 36.8 Å². The average Bonchev–Trinajstić information content (AvgIpc) is 3.59. The molecule has 2 bridgehead atoms. The Hall–Kier alpha value is -2.84. The molecule has 8 heteroatoms. The molecule has 3 aliphatic rings. The van der Waals surface area contributed by atoms with Gasteiger partial charge < -0.3 is 20.6 Å². The summed E-state index contributed by atoms with van der Waals surface area (Å²) >= 11 is 1.70. The van der Waals surface area contributed by atoms with Crippen molar-refractivity contribution < 1.29 is 19.5 Å². The highest BCUT2D eigenvalue weighted by Gasteiger charge is 2.73. The maximum absolute atomic E-state index is 14.0. The first-order valence-electron chi connectivity index (χ1n) is 13.8. The first-order chi connectivity index (χ1) is 18.5. The van der Waals surface area contributed by atoms with Crippen LogP contribution in [-0.2, 0) is 27.5 Å². The number of aliphatic hydroxyl groups excluding tert-OH is 1. The number of carbonyl (C=O) groups excluding carboxylic acids is 3. The van der Waals surface area contributed by atoms with E-state index in [9.17, 15) is 14.4 Å². The molecular weight excluding hydrogens is 498 g/mol. The summed E-state index contributed by atoms with van der Waals surface area (Å²) in [6.07, 6.45) is 4.89. The minimum atomic E-state index is -0.580. The van der Waals surface area contributed by atoms with Gasteiger partial charge in [-0.15, -0.1) is 11.8 Å². The van der Waals surface area contributed by atoms with Crippen molar-refractivity contribution in [2.45, 2.75) is 67.7 Å². The number of aliphatic hydroxyl groups is 1. The second-order valence-electron chi connectivity index (χ2n) is 10.6. The van der Waals surface area contributed by atoms with E-state index in [4.69, 9.17) is 5.11 Å². The molecule has 7 nitrogen and oxygen atoms in total. The first-order valence-corrected chi connectivity index (χ1v) is 14.7. The number of thioether (sulfide) groups is 1. The number of amides is 3. The van der Waals surface area contributed by atoms with Gasteiger partial charge in [0.05, 0.1) is 16.6 Å². The highest BCUT2D eigenvalue weighted by Crippen LogP contribution is 2.66. The summed E-state index contributed by atoms with van der Waals surface area (Å²) in [5, 5.41) is 15.3. The maximum atomic E-state index is 14.0. The molecule has 38 heavy (non-hydrogen) atoms. The zero-order valence-corrected chi connectivity index (χ0v) is 22.5. The third kappa shape index (κ3) is 5.21. The Labute approximate surface area is 228 Å². The van der Waals surface area contributed by atoms with Crippen molar-refractivity contribution in [1.82, 2.24) is 15.5 Å². The van der Waals surface area contributed by atoms with Crippen LogP contribution in [-0.4, -0.2) is 56.9 Å².